The number of nitrogens with one attached hydrogen (secondary N) is 1. The van der Waals surface area contributed by atoms with E-state index < -0.39 is 0 Å². The summed E-state index contributed by atoms with van der Waals surface area (Å²) in [6, 6.07) is 16.7. The minimum atomic E-state index is 0.0684. The highest BCUT2D eigenvalue weighted by atomic mass is 79.9. The first kappa shape index (κ1) is 15.2. The first-order valence-electron chi connectivity index (χ1n) is 6.76. The fraction of sp³-hybridized carbons (Fsp3) is 0.294. The average Bonchev–Trinajstić information content (AvgIpc) is 2.43. The van der Waals surface area contributed by atoms with Crippen LogP contribution in [-0.2, 0) is 11.3 Å². The summed E-state index contributed by atoms with van der Waals surface area (Å²) < 4.78 is 7.16. The van der Waals surface area contributed by atoms with Gasteiger partial charge in [0.2, 0.25) is 0 Å². The molecule has 2 aromatic rings. The third-order valence-corrected chi connectivity index (χ3v) is 3.64. The molecular weight excluding hydrogens is 314 g/mol. The molecule has 0 heterocycles. The quantitative estimate of drug-likeness (QED) is 0.853. The van der Waals surface area contributed by atoms with Gasteiger partial charge in [-0.25, -0.2) is 0 Å². The van der Waals surface area contributed by atoms with Crippen LogP contribution in [0.2, 0.25) is 0 Å². The zero-order valence-electron chi connectivity index (χ0n) is 11.9. The Labute approximate surface area is 129 Å². The van der Waals surface area contributed by atoms with Crippen molar-refractivity contribution in [3.63, 3.8) is 0 Å². The van der Waals surface area contributed by atoms with Crippen LogP contribution >= 0.6 is 15.9 Å². The van der Waals surface area contributed by atoms with E-state index >= 15 is 0 Å². The molecule has 0 fully saturated rings. The molecule has 0 saturated carbocycles. The molecule has 1 N–H and O–H groups in total. The second-order valence-corrected chi connectivity index (χ2v) is 5.82. The second kappa shape index (κ2) is 7.58. The van der Waals surface area contributed by atoms with Crippen molar-refractivity contribution in [2.75, 3.05) is 13.6 Å². The summed E-state index contributed by atoms with van der Waals surface area (Å²) in [5, 5.41) is 3.20. The lowest BCUT2D eigenvalue weighted by Gasteiger charge is -2.18. The maximum atomic E-state index is 6.08. The molecule has 20 heavy (non-hydrogen) atoms. The van der Waals surface area contributed by atoms with Crippen molar-refractivity contribution in [3.05, 3.63) is 69.7 Å². The molecule has 0 aromatic heterocycles. The lowest BCUT2D eigenvalue weighted by Crippen LogP contribution is -2.19. The second-order valence-electron chi connectivity index (χ2n) is 4.90. The molecular formula is C17H20BrNO. The van der Waals surface area contributed by atoms with E-state index in [2.05, 4.69) is 64.6 Å². The van der Waals surface area contributed by atoms with Crippen LogP contribution in [0.15, 0.2) is 53.0 Å². The molecule has 0 radical (unpaired) electrons. The number of likely N-dealkylation sites (N-methyl/N-ethyl adjacent to an activating group) is 1. The van der Waals surface area contributed by atoms with Crippen molar-refractivity contribution < 1.29 is 4.74 Å². The summed E-state index contributed by atoms with van der Waals surface area (Å²) in [7, 11) is 1.95. The zero-order valence-corrected chi connectivity index (χ0v) is 13.5. The first-order valence-corrected chi connectivity index (χ1v) is 7.55. The van der Waals surface area contributed by atoms with Crippen LogP contribution in [0.1, 0.15) is 22.8 Å². The maximum absolute atomic E-state index is 6.08. The number of hydrogen-bond acceptors (Lipinski definition) is 2. The number of benzene rings is 2. The number of hydrogen-bond donors (Lipinski definition) is 1. The van der Waals surface area contributed by atoms with E-state index in [0.29, 0.717) is 6.61 Å². The van der Waals surface area contributed by atoms with Gasteiger partial charge in [-0.05, 0) is 37.2 Å². The van der Waals surface area contributed by atoms with Crippen LogP contribution in [0, 0.1) is 6.92 Å². The van der Waals surface area contributed by atoms with Gasteiger partial charge in [0.05, 0.1) is 12.7 Å². The number of halogens is 1. The lowest BCUT2D eigenvalue weighted by atomic mass is 10.1. The highest BCUT2D eigenvalue weighted by Gasteiger charge is 2.11. The van der Waals surface area contributed by atoms with Gasteiger partial charge in [0, 0.05) is 11.0 Å². The molecule has 1 atom stereocenters. The van der Waals surface area contributed by atoms with Crippen LogP contribution in [0.4, 0.5) is 0 Å². The summed E-state index contributed by atoms with van der Waals surface area (Å²) in [5.41, 5.74) is 3.65. The topological polar surface area (TPSA) is 21.3 Å². The molecule has 106 valence electrons. The van der Waals surface area contributed by atoms with E-state index in [1.165, 1.54) is 16.7 Å². The summed E-state index contributed by atoms with van der Waals surface area (Å²) in [6.45, 7) is 3.52. The fourth-order valence-corrected chi connectivity index (χ4v) is 2.60. The van der Waals surface area contributed by atoms with E-state index in [1.54, 1.807) is 0 Å². The van der Waals surface area contributed by atoms with E-state index in [0.717, 1.165) is 11.0 Å². The van der Waals surface area contributed by atoms with Crippen LogP contribution in [0.3, 0.4) is 0 Å². The van der Waals surface area contributed by atoms with Crippen molar-refractivity contribution in [2.45, 2.75) is 19.6 Å². The van der Waals surface area contributed by atoms with E-state index in [9.17, 15) is 0 Å². The highest BCUT2D eigenvalue weighted by Crippen LogP contribution is 2.20. The molecule has 1 unspecified atom stereocenters. The Morgan fingerprint density at radius 2 is 1.95 bits per heavy atom. The van der Waals surface area contributed by atoms with Crippen LogP contribution in [0.5, 0.6) is 0 Å². The van der Waals surface area contributed by atoms with Crippen molar-refractivity contribution in [1.29, 1.82) is 0 Å². The molecule has 0 saturated heterocycles. The van der Waals surface area contributed by atoms with Crippen molar-refractivity contribution in [2.24, 2.45) is 0 Å². The van der Waals surface area contributed by atoms with Gasteiger partial charge in [0.1, 0.15) is 0 Å². The molecule has 0 spiro atoms. The molecule has 3 heteroatoms. The molecule has 0 aliphatic heterocycles. The predicted molar refractivity (Wildman–Crippen MR) is 86.8 cm³/mol. The Kier molecular flexibility index (Phi) is 5.77. The number of ether oxygens (including phenoxy) is 1. The Hall–Kier alpha value is -1.16. The van der Waals surface area contributed by atoms with Crippen LogP contribution < -0.4 is 5.32 Å². The van der Waals surface area contributed by atoms with E-state index in [4.69, 9.17) is 4.74 Å². The average molecular weight is 334 g/mol. The minimum Gasteiger partial charge on any atom is -0.368 e. The number of rotatable bonds is 6. The van der Waals surface area contributed by atoms with Gasteiger partial charge in [-0.1, -0.05) is 57.9 Å². The summed E-state index contributed by atoms with van der Waals surface area (Å²) in [4.78, 5) is 0. The normalized spacial score (nSPS) is 12.3. The van der Waals surface area contributed by atoms with Crippen LogP contribution in [0.25, 0.3) is 0 Å². The largest absolute Gasteiger partial charge is 0.368 e. The SMILES string of the molecule is CNCC(OCc1cccc(Br)c1)c1cccc(C)c1. The van der Waals surface area contributed by atoms with Crippen LogP contribution in [-0.4, -0.2) is 13.6 Å². The Morgan fingerprint density at radius 3 is 2.65 bits per heavy atom. The smallest absolute Gasteiger partial charge is 0.0953 e. The summed E-state index contributed by atoms with van der Waals surface area (Å²) >= 11 is 3.49. The third-order valence-electron chi connectivity index (χ3n) is 3.14. The van der Waals surface area contributed by atoms with Crippen molar-refractivity contribution in [3.8, 4) is 0 Å². The molecule has 2 rings (SSSR count). The van der Waals surface area contributed by atoms with Gasteiger partial charge < -0.3 is 10.1 Å². The fourth-order valence-electron chi connectivity index (χ4n) is 2.15. The Morgan fingerprint density at radius 1 is 1.15 bits per heavy atom. The Balaban J connectivity index is 2.06. The van der Waals surface area contributed by atoms with Gasteiger partial charge in [0.25, 0.3) is 0 Å². The molecule has 2 aromatic carbocycles. The van der Waals surface area contributed by atoms with Crippen molar-refractivity contribution in [1.82, 2.24) is 5.32 Å². The summed E-state index contributed by atoms with van der Waals surface area (Å²) in [5.74, 6) is 0. The van der Waals surface area contributed by atoms with Crippen molar-refractivity contribution >= 4 is 15.9 Å². The first-order chi connectivity index (χ1) is 9.69. The zero-order chi connectivity index (χ0) is 14.4. The predicted octanol–water partition coefficient (Wildman–Crippen LogP) is 4.23. The molecule has 2 nitrogen and oxygen atoms in total. The molecule has 0 bridgehead atoms. The van der Waals surface area contributed by atoms with Gasteiger partial charge in [-0.2, -0.15) is 0 Å². The van der Waals surface area contributed by atoms with Gasteiger partial charge >= 0.3 is 0 Å². The minimum absolute atomic E-state index is 0.0684. The Bertz CT molecular complexity index is 556. The van der Waals surface area contributed by atoms with E-state index in [-0.39, 0.29) is 6.10 Å². The highest BCUT2D eigenvalue weighted by molar-refractivity contribution is 9.10. The maximum Gasteiger partial charge on any atom is 0.0953 e. The van der Waals surface area contributed by atoms with Gasteiger partial charge in [-0.15, -0.1) is 0 Å². The lowest BCUT2D eigenvalue weighted by molar-refractivity contribution is 0.0410. The number of aryl methyl sites for hydroxylation is 1. The summed E-state index contributed by atoms with van der Waals surface area (Å²) in [6.07, 6.45) is 0.0684. The van der Waals surface area contributed by atoms with Gasteiger partial charge in [0.15, 0.2) is 0 Å². The molecule has 0 amide bonds. The molecule has 0 aliphatic rings. The van der Waals surface area contributed by atoms with Gasteiger partial charge in [-0.3, -0.25) is 0 Å². The standard InChI is InChI=1S/C17H20BrNO/c1-13-5-3-7-15(9-13)17(11-19-2)20-12-14-6-4-8-16(18)10-14/h3-10,17,19H,11-12H2,1-2H3. The monoisotopic (exact) mass is 333 g/mol. The third kappa shape index (κ3) is 4.44. The molecule has 0 aliphatic carbocycles. The van der Waals surface area contributed by atoms with E-state index in [1.807, 2.05) is 19.2 Å².